The van der Waals surface area contributed by atoms with Gasteiger partial charge in [0.25, 0.3) is 0 Å². The Labute approximate surface area is 130 Å². The van der Waals surface area contributed by atoms with Gasteiger partial charge in [-0.25, -0.2) is 4.79 Å². The van der Waals surface area contributed by atoms with Crippen LogP contribution in [-0.4, -0.2) is 17.5 Å². The van der Waals surface area contributed by atoms with Crippen LogP contribution in [0.5, 0.6) is 0 Å². The molecule has 1 aliphatic carbocycles. The summed E-state index contributed by atoms with van der Waals surface area (Å²) in [6.07, 6.45) is 3.47. The fourth-order valence-electron chi connectivity index (χ4n) is 2.38. The predicted octanol–water partition coefficient (Wildman–Crippen LogP) is 1.49. The molecule has 0 radical (unpaired) electrons. The van der Waals surface area contributed by atoms with Crippen LogP contribution in [0.1, 0.15) is 31.2 Å². The van der Waals surface area contributed by atoms with Gasteiger partial charge >= 0.3 is 6.03 Å². The molecule has 0 spiro atoms. The molecule has 0 bridgehead atoms. The van der Waals surface area contributed by atoms with Crippen molar-refractivity contribution in [1.82, 2.24) is 5.32 Å². The number of primary amides is 1. The molecular formula is C14H21ClN4O2. The van der Waals surface area contributed by atoms with Crippen LogP contribution in [0.2, 0.25) is 0 Å². The van der Waals surface area contributed by atoms with Crippen LogP contribution in [0.4, 0.5) is 10.5 Å². The Morgan fingerprint density at radius 1 is 1.14 bits per heavy atom. The highest BCUT2D eigenvalue weighted by atomic mass is 35.5. The maximum absolute atomic E-state index is 12.1. The maximum atomic E-state index is 12.1. The summed E-state index contributed by atoms with van der Waals surface area (Å²) < 4.78 is 0. The van der Waals surface area contributed by atoms with Crippen LogP contribution in [0.3, 0.4) is 0 Å². The van der Waals surface area contributed by atoms with Crippen molar-refractivity contribution in [2.75, 3.05) is 5.32 Å². The van der Waals surface area contributed by atoms with Crippen LogP contribution >= 0.6 is 12.4 Å². The van der Waals surface area contributed by atoms with Gasteiger partial charge < -0.3 is 22.1 Å². The summed E-state index contributed by atoms with van der Waals surface area (Å²) in [6, 6.07) is 6.66. The molecule has 1 aromatic carbocycles. The van der Waals surface area contributed by atoms with E-state index in [0.29, 0.717) is 12.2 Å². The number of anilines is 1. The van der Waals surface area contributed by atoms with Crippen molar-refractivity contribution in [3.05, 3.63) is 29.8 Å². The number of rotatable bonds is 4. The second kappa shape index (κ2) is 7.28. The molecule has 21 heavy (non-hydrogen) atoms. The van der Waals surface area contributed by atoms with Crippen molar-refractivity contribution in [3.8, 4) is 0 Å². The lowest BCUT2D eigenvalue weighted by atomic mass is 9.98. The number of amides is 3. The molecular weight excluding hydrogens is 292 g/mol. The number of nitrogens with one attached hydrogen (secondary N) is 2. The topological polar surface area (TPSA) is 110 Å². The smallest absolute Gasteiger partial charge is 0.312 e. The molecule has 1 aliphatic rings. The summed E-state index contributed by atoms with van der Waals surface area (Å²) in [5.41, 5.74) is 12.0. The minimum absolute atomic E-state index is 0. The van der Waals surface area contributed by atoms with Crippen LogP contribution in [-0.2, 0) is 11.3 Å². The molecule has 6 N–H and O–H groups in total. The average molecular weight is 313 g/mol. The van der Waals surface area contributed by atoms with E-state index in [-0.39, 0.29) is 18.3 Å². The highest BCUT2D eigenvalue weighted by Crippen LogP contribution is 2.28. The van der Waals surface area contributed by atoms with E-state index in [1.165, 1.54) is 0 Å². The Kier molecular flexibility index (Phi) is 5.99. The van der Waals surface area contributed by atoms with Gasteiger partial charge in [0.15, 0.2) is 0 Å². The van der Waals surface area contributed by atoms with Gasteiger partial charge in [-0.05, 0) is 30.5 Å². The number of nitrogens with two attached hydrogens (primary N) is 2. The van der Waals surface area contributed by atoms with Crippen LogP contribution in [0.25, 0.3) is 0 Å². The van der Waals surface area contributed by atoms with Crippen molar-refractivity contribution in [2.24, 2.45) is 11.5 Å². The third-order valence-corrected chi connectivity index (χ3v) is 3.63. The molecule has 1 fully saturated rings. The first kappa shape index (κ1) is 17.3. The highest BCUT2D eigenvalue weighted by molar-refractivity contribution is 5.98. The van der Waals surface area contributed by atoms with E-state index in [1.807, 2.05) is 12.1 Å². The fourth-order valence-corrected chi connectivity index (χ4v) is 2.38. The quantitative estimate of drug-likeness (QED) is 0.676. The number of carbonyl (C=O) groups is 2. The molecule has 0 aromatic heterocycles. The number of urea groups is 1. The predicted molar refractivity (Wildman–Crippen MR) is 84.1 cm³/mol. The first-order valence-corrected chi connectivity index (χ1v) is 6.72. The summed E-state index contributed by atoms with van der Waals surface area (Å²) in [5.74, 6) is -0.127. The highest BCUT2D eigenvalue weighted by Gasteiger charge is 2.36. The monoisotopic (exact) mass is 312 g/mol. The Bertz CT molecular complexity index is 498. The van der Waals surface area contributed by atoms with E-state index in [2.05, 4.69) is 10.6 Å². The zero-order chi connectivity index (χ0) is 14.6. The van der Waals surface area contributed by atoms with Crippen molar-refractivity contribution in [3.63, 3.8) is 0 Å². The summed E-state index contributed by atoms with van der Waals surface area (Å²) >= 11 is 0. The zero-order valence-electron chi connectivity index (χ0n) is 11.7. The van der Waals surface area contributed by atoms with E-state index >= 15 is 0 Å². The van der Waals surface area contributed by atoms with Crippen molar-refractivity contribution in [1.29, 1.82) is 0 Å². The van der Waals surface area contributed by atoms with E-state index < -0.39 is 11.6 Å². The third-order valence-electron chi connectivity index (χ3n) is 3.63. The molecule has 0 heterocycles. The van der Waals surface area contributed by atoms with Crippen molar-refractivity contribution < 1.29 is 9.59 Å². The van der Waals surface area contributed by atoms with Gasteiger partial charge in [0.2, 0.25) is 5.91 Å². The first-order valence-electron chi connectivity index (χ1n) is 6.72. The van der Waals surface area contributed by atoms with Crippen LogP contribution in [0, 0.1) is 0 Å². The SMILES string of the molecule is Cl.NC(=O)NCc1ccc(NC(=O)C2(N)CCCC2)cc1. The van der Waals surface area contributed by atoms with Gasteiger partial charge in [-0.1, -0.05) is 25.0 Å². The lowest BCUT2D eigenvalue weighted by molar-refractivity contribution is -0.121. The fraction of sp³-hybridized carbons (Fsp3) is 0.429. The molecule has 0 atom stereocenters. The lowest BCUT2D eigenvalue weighted by Gasteiger charge is -2.22. The second-order valence-electron chi connectivity index (χ2n) is 5.23. The normalized spacial score (nSPS) is 15.9. The summed E-state index contributed by atoms with van der Waals surface area (Å²) in [4.78, 5) is 22.7. The van der Waals surface area contributed by atoms with Gasteiger partial charge in [0.1, 0.15) is 0 Å². The zero-order valence-corrected chi connectivity index (χ0v) is 12.5. The molecule has 6 nitrogen and oxygen atoms in total. The van der Waals surface area contributed by atoms with Crippen molar-refractivity contribution >= 4 is 30.0 Å². The molecule has 1 saturated carbocycles. The van der Waals surface area contributed by atoms with Gasteiger partial charge in [0.05, 0.1) is 5.54 Å². The number of carbonyl (C=O) groups excluding carboxylic acids is 2. The number of benzene rings is 1. The molecule has 0 aliphatic heterocycles. The second-order valence-corrected chi connectivity index (χ2v) is 5.23. The summed E-state index contributed by atoms with van der Waals surface area (Å²) in [6.45, 7) is 0.365. The number of hydrogen-bond acceptors (Lipinski definition) is 3. The van der Waals surface area contributed by atoms with E-state index in [4.69, 9.17) is 11.5 Å². The minimum Gasteiger partial charge on any atom is -0.352 e. The van der Waals surface area contributed by atoms with Gasteiger partial charge in [-0.15, -0.1) is 12.4 Å². The molecule has 0 saturated heterocycles. The first-order chi connectivity index (χ1) is 9.49. The van der Waals surface area contributed by atoms with Crippen LogP contribution in [0.15, 0.2) is 24.3 Å². The molecule has 3 amide bonds. The standard InChI is InChI=1S/C14H20N4O2.ClH/c15-13(20)17-9-10-3-5-11(6-4-10)18-12(19)14(16)7-1-2-8-14;/h3-6H,1-2,7-9,16H2,(H,18,19)(H3,15,17,20);1H. The van der Waals surface area contributed by atoms with E-state index in [1.54, 1.807) is 12.1 Å². The third kappa shape index (κ3) is 4.61. The summed E-state index contributed by atoms with van der Waals surface area (Å²) in [5, 5.41) is 5.34. The van der Waals surface area contributed by atoms with Gasteiger partial charge in [0, 0.05) is 12.2 Å². The van der Waals surface area contributed by atoms with Gasteiger partial charge in [-0.3, -0.25) is 4.79 Å². The Balaban J connectivity index is 0.00000220. The Morgan fingerprint density at radius 3 is 2.24 bits per heavy atom. The Morgan fingerprint density at radius 2 is 1.71 bits per heavy atom. The molecule has 7 heteroatoms. The largest absolute Gasteiger partial charge is 0.352 e. The lowest BCUT2D eigenvalue weighted by Crippen LogP contribution is -2.48. The number of halogens is 1. The van der Waals surface area contributed by atoms with E-state index in [0.717, 1.165) is 31.2 Å². The molecule has 1 aromatic rings. The molecule has 0 unspecified atom stereocenters. The molecule has 2 rings (SSSR count). The molecule has 116 valence electrons. The van der Waals surface area contributed by atoms with Crippen LogP contribution < -0.4 is 22.1 Å². The van der Waals surface area contributed by atoms with E-state index in [9.17, 15) is 9.59 Å². The Hall–Kier alpha value is -1.79. The summed E-state index contributed by atoms with van der Waals surface area (Å²) in [7, 11) is 0. The van der Waals surface area contributed by atoms with Crippen molar-refractivity contribution in [2.45, 2.75) is 37.8 Å². The number of hydrogen-bond donors (Lipinski definition) is 4. The van der Waals surface area contributed by atoms with Gasteiger partial charge in [-0.2, -0.15) is 0 Å². The maximum Gasteiger partial charge on any atom is 0.312 e. The minimum atomic E-state index is -0.730. The average Bonchev–Trinajstić information content (AvgIpc) is 2.86.